The zero-order valence-electron chi connectivity index (χ0n) is 14.6. The van der Waals surface area contributed by atoms with E-state index in [0.29, 0.717) is 18.0 Å². The molecule has 0 aromatic heterocycles. The molecule has 0 saturated heterocycles. The van der Waals surface area contributed by atoms with Gasteiger partial charge in [0.15, 0.2) is 0 Å². The molecular weight excluding hydrogens is 220 g/mol. The predicted octanol–water partition coefficient (Wildman–Crippen LogP) is 3.86. The van der Waals surface area contributed by atoms with Crippen LogP contribution in [0, 0.1) is 5.92 Å². The summed E-state index contributed by atoms with van der Waals surface area (Å²) in [5.41, 5.74) is 0.460. The van der Waals surface area contributed by atoms with Gasteiger partial charge in [0.1, 0.15) is 0 Å². The second-order valence-electron chi connectivity index (χ2n) is 7.90. The second-order valence-corrected chi connectivity index (χ2v) is 7.90. The molecule has 0 bridgehead atoms. The molecule has 2 unspecified atom stereocenters. The van der Waals surface area contributed by atoms with E-state index in [-0.39, 0.29) is 11.1 Å². The molecule has 0 aliphatic rings. The summed E-state index contributed by atoms with van der Waals surface area (Å²) in [5, 5.41) is 0. The zero-order valence-corrected chi connectivity index (χ0v) is 14.6. The molecule has 18 heavy (non-hydrogen) atoms. The number of hydrogen-bond donors (Lipinski definition) is 0. The van der Waals surface area contributed by atoms with Crippen LogP contribution in [0.3, 0.4) is 0 Å². The van der Waals surface area contributed by atoms with Crippen LogP contribution in [0.4, 0.5) is 0 Å². The molecule has 0 saturated carbocycles. The van der Waals surface area contributed by atoms with E-state index < -0.39 is 0 Å². The lowest BCUT2D eigenvalue weighted by molar-refractivity contribution is 0.0308. The highest BCUT2D eigenvalue weighted by Crippen LogP contribution is 2.26. The lowest BCUT2D eigenvalue weighted by Crippen LogP contribution is -2.54. The van der Waals surface area contributed by atoms with E-state index in [0.717, 1.165) is 0 Å². The molecule has 0 amide bonds. The Labute approximate surface area is 116 Å². The van der Waals surface area contributed by atoms with Crippen molar-refractivity contribution in [2.24, 2.45) is 5.92 Å². The smallest absolute Gasteiger partial charge is 0.0124 e. The third-order valence-corrected chi connectivity index (χ3v) is 4.86. The monoisotopic (exact) mass is 256 g/mol. The van der Waals surface area contributed by atoms with Crippen molar-refractivity contribution in [2.75, 3.05) is 14.1 Å². The fourth-order valence-electron chi connectivity index (χ4n) is 2.33. The summed E-state index contributed by atoms with van der Waals surface area (Å²) in [7, 11) is 4.48. The Bertz CT molecular complexity index is 221. The highest BCUT2D eigenvalue weighted by molar-refractivity contribution is 4.88. The van der Waals surface area contributed by atoms with Gasteiger partial charge in [-0.25, -0.2) is 0 Å². The van der Waals surface area contributed by atoms with Gasteiger partial charge in [0.05, 0.1) is 0 Å². The van der Waals surface area contributed by atoms with Crippen LogP contribution in [0.1, 0.15) is 62.3 Å². The van der Waals surface area contributed by atoms with Gasteiger partial charge < -0.3 is 0 Å². The van der Waals surface area contributed by atoms with Gasteiger partial charge in [-0.15, -0.1) is 0 Å². The number of hydrogen-bond acceptors (Lipinski definition) is 2. The lowest BCUT2D eigenvalue weighted by atomic mass is 9.89. The molecule has 0 rings (SSSR count). The summed E-state index contributed by atoms with van der Waals surface area (Å²) >= 11 is 0. The van der Waals surface area contributed by atoms with Gasteiger partial charge in [0.2, 0.25) is 0 Å². The van der Waals surface area contributed by atoms with Crippen LogP contribution in [-0.2, 0) is 0 Å². The standard InChI is InChI=1S/C16H36N2/c1-12(13(2)17(10)15(4,5)6)14(3)18(11)16(7,8)9/h12-14H,1-11H3. The first-order valence-electron chi connectivity index (χ1n) is 7.26. The average molecular weight is 256 g/mol. The maximum absolute atomic E-state index is 2.49. The quantitative estimate of drug-likeness (QED) is 0.753. The zero-order chi connectivity index (χ0) is 14.9. The van der Waals surface area contributed by atoms with E-state index in [9.17, 15) is 0 Å². The summed E-state index contributed by atoms with van der Waals surface area (Å²) in [6.07, 6.45) is 0. The van der Waals surface area contributed by atoms with Crippen molar-refractivity contribution in [3.63, 3.8) is 0 Å². The Kier molecular flexibility index (Phi) is 5.89. The van der Waals surface area contributed by atoms with Gasteiger partial charge in [-0.05, 0) is 75.4 Å². The molecule has 0 aliphatic carbocycles. The third-order valence-electron chi connectivity index (χ3n) is 4.86. The second kappa shape index (κ2) is 5.92. The summed E-state index contributed by atoms with van der Waals surface area (Å²) in [4.78, 5) is 4.98. The molecule has 0 aromatic rings. The third kappa shape index (κ3) is 4.55. The topological polar surface area (TPSA) is 6.48 Å². The lowest BCUT2D eigenvalue weighted by Gasteiger charge is -2.46. The fourth-order valence-corrected chi connectivity index (χ4v) is 2.33. The Hall–Kier alpha value is -0.0800. The molecule has 0 aliphatic heterocycles. The Morgan fingerprint density at radius 2 is 0.833 bits per heavy atom. The molecule has 110 valence electrons. The van der Waals surface area contributed by atoms with E-state index >= 15 is 0 Å². The van der Waals surface area contributed by atoms with Crippen LogP contribution >= 0.6 is 0 Å². The fraction of sp³-hybridized carbons (Fsp3) is 1.00. The molecule has 0 radical (unpaired) electrons. The molecular formula is C16H36N2. The SMILES string of the molecule is CC(C(C)N(C)C(C)(C)C)C(C)N(C)C(C)(C)C. The predicted molar refractivity (Wildman–Crippen MR) is 83.1 cm³/mol. The molecule has 0 fully saturated rings. The first kappa shape index (κ1) is 17.9. The van der Waals surface area contributed by atoms with Gasteiger partial charge in [-0.3, -0.25) is 9.80 Å². The van der Waals surface area contributed by atoms with Gasteiger partial charge in [0.25, 0.3) is 0 Å². The van der Waals surface area contributed by atoms with E-state index in [1.807, 2.05) is 0 Å². The van der Waals surface area contributed by atoms with Crippen LogP contribution in [0.25, 0.3) is 0 Å². The number of nitrogens with zero attached hydrogens (tertiary/aromatic N) is 2. The minimum atomic E-state index is 0.230. The number of rotatable bonds is 4. The van der Waals surface area contributed by atoms with E-state index in [4.69, 9.17) is 0 Å². The molecule has 0 spiro atoms. The maximum atomic E-state index is 2.49. The van der Waals surface area contributed by atoms with Crippen LogP contribution in [0.15, 0.2) is 0 Å². The summed E-state index contributed by atoms with van der Waals surface area (Å²) in [6.45, 7) is 20.8. The van der Waals surface area contributed by atoms with E-state index in [1.165, 1.54) is 0 Å². The van der Waals surface area contributed by atoms with E-state index in [1.54, 1.807) is 0 Å². The van der Waals surface area contributed by atoms with Gasteiger partial charge in [-0.1, -0.05) is 6.92 Å². The van der Waals surface area contributed by atoms with Crippen LogP contribution < -0.4 is 0 Å². The van der Waals surface area contributed by atoms with Gasteiger partial charge >= 0.3 is 0 Å². The van der Waals surface area contributed by atoms with Gasteiger partial charge in [0, 0.05) is 23.2 Å². The average Bonchev–Trinajstić information content (AvgIpc) is 2.21. The maximum Gasteiger partial charge on any atom is 0.0124 e. The molecule has 2 heteroatoms. The highest BCUT2D eigenvalue weighted by Gasteiger charge is 2.32. The van der Waals surface area contributed by atoms with Crippen molar-refractivity contribution in [1.29, 1.82) is 0 Å². The van der Waals surface area contributed by atoms with Gasteiger partial charge in [-0.2, -0.15) is 0 Å². The molecule has 2 nitrogen and oxygen atoms in total. The summed E-state index contributed by atoms with van der Waals surface area (Å²) < 4.78 is 0. The van der Waals surface area contributed by atoms with Crippen LogP contribution in [0.2, 0.25) is 0 Å². The van der Waals surface area contributed by atoms with Crippen LogP contribution in [-0.4, -0.2) is 47.1 Å². The first-order valence-corrected chi connectivity index (χ1v) is 7.26. The van der Waals surface area contributed by atoms with Crippen molar-refractivity contribution in [2.45, 2.75) is 85.5 Å². The Morgan fingerprint density at radius 1 is 0.611 bits per heavy atom. The van der Waals surface area contributed by atoms with Crippen molar-refractivity contribution >= 4 is 0 Å². The molecule has 2 atom stereocenters. The van der Waals surface area contributed by atoms with Crippen molar-refractivity contribution in [3.8, 4) is 0 Å². The van der Waals surface area contributed by atoms with Crippen molar-refractivity contribution < 1.29 is 0 Å². The highest BCUT2D eigenvalue weighted by atomic mass is 15.2. The molecule has 0 heterocycles. The summed E-state index contributed by atoms with van der Waals surface area (Å²) in [5.74, 6) is 0.637. The minimum Gasteiger partial charge on any atom is -0.299 e. The molecule has 0 aromatic carbocycles. The van der Waals surface area contributed by atoms with E-state index in [2.05, 4.69) is 86.2 Å². The Balaban J connectivity index is 4.80. The van der Waals surface area contributed by atoms with Crippen molar-refractivity contribution in [1.82, 2.24) is 9.80 Å². The summed E-state index contributed by atoms with van der Waals surface area (Å²) in [6, 6.07) is 1.15. The first-order chi connectivity index (χ1) is 7.80. The largest absolute Gasteiger partial charge is 0.299 e. The minimum absolute atomic E-state index is 0.230. The Morgan fingerprint density at radius 3 is 1.00 bits per heavy atom. The molecule has 0 N–H and O–H groups in total. The normalized spacial score (nSPS) is 19.2. The van der Waals surface area contributed by atoms with Crippen molar-refractivity contribution in [3.05, 3.63) is 0 Å². The van der Waals surface area contributed by atoms with Crippen LogP contribution in [0.5, 0.6) is 0 Å².